The van der Waals surface area contributed by atoms with Gasteiger partial charge in [-0.05, 0) is 48.6 Å². The number of aliphatic hydroxyl groups excluding tert-OH is 1. The first-order valence-corrected chi connectivity index (χ1v) is 9.46. The Balaban J connectivity index is 1.53. The third-order valence-corrected chi connectivity index (χ3v) is 5.67. The summed E-state index contributed by atoms with van der Waals surface area (Å²) in [5.41, 5.74) is 0.731. The van der Waals surface area contributed by atoms with Gasteiger partial charge in [0.2, 0.25) is 0 Å². The van der Waals surface area contributed by atoms with Crippen LogP contribution >= 0.6 is 0 Å². The molecular weight excluding hydrogens is 386 g/mol. The number of aryl methyl sites for hydroxylation is 1. The fourth-order valence-electron chi connectivity index (χ4n) is 4.19. The van der Waals surface area contributed by atoms with E-state index in [4.69, 9.17) is 0 Å². The van der Waals surface area contributed by atoms with Crippen LogP contribution in [-0.4, -0.2) is 32.9 Å². The van der Waals surface area contributed by atoms with Crippen LogP contribution in [0, 0.1) is 5.82 Å². The quantitative estimate of drug-likeness (QED) is 0.645. The van der Waals surface area contributed by atoms with Crippen molar-refractivity contribution in [3.63, 3.8) is 0 Å². The van der Waals surface area contributed by atoms with Crippen molar-refractivity contribution in [2.45, 2.75) is 31.2 Å². The molecule has 1 aliphatic rings. The summed E-state index contributed by atoms with van der Waals surface area (Å²) in [6, 6.07) is 9.96. The van der Waals surface area contributed by atoms with Crippen LogP contribution in [0.15, 0.2) is 42.5 Å². The number of aliphatic hydroxyl groups is 1. The summed E-state index contributed by atoms with van der Waals surface area (Å²) in [6.45, 7) is 0.884. The first kappa shape index (κ1) is 19.8. The Bertz CT molecular complexity index is 1020. The minimum atomic E-state index is -4.38. The van der Waals surface area contributed by atoms with Gasteiger partial charge in [-0.2, -0.15) is 18.3 Å². The summed E-state index contributed by atoms with van der Waals surface area (Å²) in [5.74, 6) is -0.600. The van der Waals surface area contributed by atoms with Crippen molar-refractivity contribution in [3.8, 4) is 0 Å². The van der Waals surface area contributed by atoms with Gasteiger partial charge in [0.25, 0.3) is 0 Å². The van der Waals surface area contributed by atoms with E-state index in [0.29, 0.717) is 48.1 Å². The fraction of sp³-hybridized carbons (Fsp3) is 0.381. The lowest BCUT2D eigenvalue weighted by atomic mass is 9.86. The Hall–Kier alpha value is -2.45. The molecule has 1 atom stereocenters. The van der Waals surface area contributed by atoms with Crippen molar-refractivity contribution in [1.29, 1.82) is 0 Å². The smallest absolute Gasteiger partial charge is 0.372 e. The lowest BCUT2D eigenvalue weighted by Crippen LogP contribution is -2.36. The Morgan fingerprint density at radius 3 is 2.48 bits per heavy atom. The topological polar surface area (TPSA) is 41.3 Å². The van der Waals surface area contributed by atoms with Gasteiger partial charge in [-0.25, -0.2) is 4.39 Å². The number of aromatic nitrogens is 2. The number of rotatable bonds is 3. The van der Waals surface area contributed by atoms with Crippen LogP contribution in [0.2, 0.25) is 0 Å². The molecule has 0 bridgehead atoms. The number of halogens is 4. The molecule has 1 aliphatic heterocycles. The van der Waals surface area contributed by atoms with Crippen LogP contribution in [0.4, 0.5) is 17.6 Å². The van der Waals surface area contributed by atoms with Crippen LogP contribution < -0.4 is 0 Å². The minimum absolute atomic E-state index is 0.217. The van der Waals surface area contributed by atoms with E-state index in [1.807, 2.05) is 0 Å². The zero-order chi connectivity index (χ0) is 20.8. The monoisotopic (exact) mass is 407 g/mol. The van der Waals surface area contributed by atoms with E-state index >= 15 is 0 Å². The van der Waals surface area contributed by atoms with Crippen molar-refractivity contribution in [2.24, 2.45) is 7.05 Å². The molecule has 8 heteroatoms. The molecule has 1 fully saturated rings. The summed E-state index contributed by atoms with van der Waals surface area (Å²) in [4.78, 5) is 1.80. The second-order valence-corrected chi connectivity index (χ2v) is 7.44. The highest BCUT2D eigenvalue weighted by Gasteiger charge is 2.36. The molecular formula is C21H21F4N3O. The molecule has 1 unspecified atom stereocenters. The van der Waals surface area contributed by atoms with Crippen molar-refractivity contribution < 1.29 is 22.7 Å². The van der Waals surface area contributed by atoms with Gasteiger partial charge in [-0.3, -0.25) is 9.58 Å². The number of benzene rings is 2. The summed E-state index contributed by atoms with van der Waals surface area (Å²) in [5, 5.41) is 15.8. The summed E-state index contributed by atoms with van der Waals surface area (Å²) in [6.07, 6.45) is -4.37. The molecule has 2 heterocycles. The molecule has 4 nitrogen and oxygen atoms in total. The van der Waals surface area contributed by atoms with Crippen molar-refractivity contribution in [3.05, 3.63) is 65.1 Å². The fourth-order valence-corrected chi connectivity index (χ4v) is 4.19. The standard InChI is InChI=1S/C21H21F4N3O/c1-27-18-12-14(22)6-7-16(18)19(26-27)20(29)28-10-8-13(9-11-28)15-4-2-3-5-17(15)21(23,24)25/h2-7,12-13,20,29H,8-11H2,1H3. The Morgan fingerprint density at radius 2 is 1.79 bits per heavy atom. The number of likely N-dealkylation sites (tertiary alicyclic amines) is 1. The van der Waals surface area contributed by atoms with Crippen LogP contribution in [0.1, 0.15) is 41.8 Å². The van der Waals surface area contributed by atoms with E-state index in [1.165, 1.54) is 22.9 Å². The minimum Gasteiger partial charge on any atom is -0.372 e. The molecule has 1 N–H and O–H groups in total. The van der Waals surface area contributed by atoms with Crippen LogP contribution in [-0.2, 0) is 13.2 Å². The lowest BCUT2D eigenvalue weighted by molar-refractivity contribution is -0.138. The maximum absolute atomic E-state index is 13.5. The summed E-state index contributed by atoms with van der Waals surface area (Å²) >= 11 is 0. The molecule has 0 saturated carbocycles. The van der Waals surface area contributed by atoms with E-state index in [0.717, 1.165) is 6.07 Å². The second kappa shape index (κ2) is 7.42. The summed E-state index contributed by atoms with van der Waals surface area (Å²) in [7, 11) is 1.68. The highest BCUT2D eigenvalue weighted by molar-refractivity contribution is 5.82. The Kier molecular flexibility index (Phi) is 5.08. The molecule has 0 aliphatic carbocycles. The largest absolute Gasteiger partial charge is 0.416 e. The molecule has 154 valence electrons. The molecule has 29 heavy (non-hydrogen) atoms. The highest BCUT2D eigenvalue weighted by atomic mass is 19.4. The normalized spacial score (nSPS) is 17.7. The molecule has 0 amide bonds. The second-order valence-electron chi connectivity index (χ2n) is 7.44. The van der Waals surface area contributed by atoms with E-state index < -0.39 is 18.0 Å². The summed E-state index contributed by atoms with van der Waals surface area (Å²) < 4.78 is 55.0. The molecule has 1 saturated heterocycles. The average Bonchev–Trinajstić information content (AvgIpc) is 3.03. The highest BCUT2D eigenvalue weighted by Crippen LogP contribution is 2.39. The number of nitrogens with zero attached hydrogens (tertiary/aromatic N) is 3. The lowest BCUT2D eigenvalue weighted by Gasteiger charge is -2.35. The van der Waals surface area contributed by atoms with Gasteiger partial charge in [0, 0.05) is 25.5 Å². The van der Waals surface area contributed by atoms with Crippen LogP contribution in [0.25, 0.3) is 10.9 Å². The Labute approximate surface area is 165 Å². The van der Waals surface area contributed by atoms with Crippen molar-refractivity contribution in [1.82, 2.24) is 14.7 Å². The first-order chi connectivity index (χ1) is 13.8. The molecule has 3 aromatic rings. The molecule has 4 rings (SSSR count). The molecule has 0 spiro atoms. The predicted molar refractivity (Wildman–Crippen MR) is 101 cm³/mol. The third kappa shape index (κ3) is 3.74. The SMILES string of the molecule is Cn1nc(C(O)N2CCC(c3ccccc3C(F)(F)F)CC2)c2ccc(F)cc21. The van der Waals surface area contributed by atoms with Crippen LogP contribution in [0.5, 0.6) is 0 Å². The number of hydrogen-bond acceptors (Lipinski definition) is 3. The maximum Gasteiger partial charge on any atom is 0.416 e. The van der Waals surface area contributed by atoms with Crippen LogP contribution in [0.3, 0.4) is 0 Å². The van der Waals surface area contributed by atoms with Gasteiger partial charge >= 0.3 is 6.18 Å². The average molecular weight is 407 g/mol. The molecule has 0 radical (unpaired) electrons. The maximum atomic E-state index is 13.5. The zero-order valence-corrected chi connectivity index (χ0v) is 15.8. The van der Waals surface area contributed by atoms with E-state index in [-0.39, 0.29) is 11.7 Å². The van der Waals surface area contributed by atoms with Gasteiger partial charge in [-0.15, -0.1) is 0 Å². The zero-order valence-electron chi connectivity index (χ0n) is 15.8. The number of alkyl halides is 3. The van der Waals surface area contributed by atoms with E-state index in [1.54, 1.807) is 30.1 Å². The van der Waals surface area contributed by atoms with Crippen molar-refractivity contribution in [2.75, 3.05) is 13.1 Å². The van der Waals surface area contributed by atoms with E-state index in [2.05, 4.69) is 5.10 Å². The molecule has 2 aromatic carbocycles. The van der Waals surface area contributed by atoms with Crippen molar-refractivity contribution >= 4 is 10.9 Å². The van der Waals surface area contributed by atoms with Gasteiger partial charge < -0.3 is 5.11 Å². The van der Waals surface area contributed by atoms with E-state index in [9.17, 15) is 22.7 Å². The van der Waals surface area contributed by atoms with Gasteiger partial charge in [-0.1, -0.05) is 18.2 Å². The van der Waals surface area contributed by atoms with Gasteiger partial charge in [0.15, 0.2) is 6.23 Å². The Morgan fingerprint density at radius 1 is 1.10 bits per heavy atom. The molecule has 1 aromatic heterocycles. The predicted octanol–water partition coefficient (Wildman–Crippen LogP) is 4.60. The first-order valence-electron chi connectivity index (χ1n) is 9.46. The van der Waals surface area contributed by atoms with Gasteiger partial charge in [0.1, 0.15) is 11.5 Å². The number of piperidine rings is 1. The van der Waals surface area contributed by atoms with Gasteiger partial charge in [0.05, 0.1) is 11.1 Å². The number of fused-ring (bicyclic) bond motifs is 1. The number of hydrogen-bond donors (Lipinski definition) is 1. The third-order valence-electron chi connectivity index (χ3n) is 5.67.